The summed E-state index contributed by atoms with van der Waals surface area (Å²) in [4.78, 5) is 2.34. The molecule has 0 spiro atoms. The average molecular weight is 315 g/mol. The Morgan fingerprint density at radius 2 is 1.12 bits per heavy atom. The predicted molar refractivity (Wildman–Crippen MR) is 105 cm³/mol. The molecule has 0 unspecified atom stereocenters. The molecule has 3 aromatic carbocycles. The Morgan fingerprint density at radius 3 is 1.58 bits per heavy atom. The van der Waals surface area contributed by atoms with Crippen molar-refractivity contribution in [3.63, 3.8) is 0 Å². The van der Waals surface area contributed by atoms with Gasteiger partial charge in [0.1, 0.15) is 0 Å². The zero-order chi connectivity index (χ0) is 16.9. The fraction of sp³-hybridized carbons (Fsp3) is 0.217. The van der Waals surface area contributed by atoms with Crippen LogP contribution in [0.3, 0.4) is 0 Å². The number of benzene rings is 3. The molecule has 3 aromatic rings. The largest absolute Gasteiger partial charge is 0.310 e. The highest BCUT2D eigenvalue weighted by Crippen LogP contribution is 2.35. The SMILES string of the molecule is CCc1cccc(N(c2ccc(C)cc2)c2cccc(CC)c2)c1. The highest BCUT2D eigenvalue weighted by molar-refractivity contribution is 5.77. The van der Waals surface area contributed by atoms with Crippen LogP contribution < -0.4 is 4.90 Å². The third-order valence-corrected chi connectivity index (χ3v) is 4.45. The Bertz CT molecular complexity index is 755. The van der Waals surface area contributed by atoms with E-state index in [9.17, 15) is 0 Å². The lowest BCUT2D eigenvalue weighted by molar-refractivity contribution is 1.12. The van der Waals surface area contributed by atoms with E-state index in [0.717, 1.165) is 12.8 Å². The van der Waals surface area contributed by atoms with Gasteiger partial charge in [0, 0.05) is 17.1 Å². The van der Waals surface area contributed by atoms with E-state index in [1.165, 1.54) is 33.8 Å². The highest BCUT2D eigenvalue weighted by atomic mass is 15.1. The van der Waals surface area contributed by atoms with Gasteiger partial charge in [-0.05, 0) is 67.3 Å². The third kappa shape index (κ3) is 3.51. The van der Waals surface area contributed by atoms with Crippen LogP contribution in [0.2, 0.25) is 0 Å². The fourth-order valence-electron chi connectivity index (χ4n) is 2.97. The molecule has 0 bridgehead atoms. The first-order valence-corrected chi connectivity index (χ1v) is 8.76. The van der Waals surface area contributed by atoms with Crippen LogP contribution in [0.4, 0.5) is 17.1 Å². The topological polar surface area (TPSA) is 3.24 Å². The molecule has 0 aliphatic heterocycles. The second kappa shape index (κ2) is 7.35. The molecule has 0 saturated heterocycles. The van der Waals surface area contributed by atoms with E-state index in [2.05, 4.69) is 98.5 Å². The number of aryl methyl sites for hydroxylation is 3. The summed E-state index contributed by atoms with van der Waals surface area (Å²) in [6.45, 7) is 6.53. The van der Waals surface area contributed by atoms with Crippen molar-refractivity contribution < 1.29 is 0 Å². The Balaban J connectivity index is 2.14. The molecule has 0 aliphatic carbocycles. The molecular weight excluding hydrogens is 290 g/mol. The number of anilines is 3. The molecule has 0 amide bonds. The van der Waals surface area contributed by atoms with Gasteiger partial charge in [0.05, 0.1) is 0 Å². The maximum Gasteiger partial charge on any atom is 0.0464 e. The van der Waals surface area contributed by atoms with E-state index in [0.29, 0.717) is 0 Å². The first kappa shape index (κ1) is 16.3. The van der Waals surface area contributed by atoms with Crippen LogP contribution in [0.15, 0.2) is 72.8 Å². The van der Waals surface area contributed by atoms with Gasteiger partial charge in [-0.25, -0.2) is 0 Å². The molecule has 0 radical (unpaired) electrons. The maximum atomic E-state index is 2.34. The molecule has 0 N–H and O–H groups in total. The van der Waals surface area contributed by atoms with Crippen molar-refractivity contribution >= 4 is 17.1 Å². The molecule has 0 heterocycles. The zero-order valence-electron chi connectivity index (χ0n) is 14.8. The normalized spacial score (nSPS) is 10.6. The maximum absolute atomic E-state index is 2.34. The van der Waals surface area contributed by atoms with E-state index < -0.39 is 0 Å². The molecule has 0 atom stereocenters. The van der Waals surface area contributed by atoms with Crippen LogP contribution in [0.1, 0.15) is 30.5 Å². The van der Waals surface area contributed by atoms with Crippen molar-refractivity contribution in [2.24, 2.45) is 0 Å². The van der Waals surface area contributed by atoms with Crippen molar-refractivity contribution in [1.82, 2.24) is 0 Å². The van der Waals surface area contributed by atoms with E-state index in [1.54, 1.807) is 0 Å². The summed E-state index contributed by atoms with van der Waals surface area (Å²) in [5.74, 6) is 0. The second-order valence-corrected chi connectivity index (χ2v) is 6.22. The zero-order valence-corrected chi connectivity index (χ0v) is 14.8. The Hall–Kier alpha value is -2.54. The first-order chi connectivity index (χ1) is 11.7. The summed E-state index contributed by atoms with van der Waals surface area (Å²) in [7, 11) is 0. The molecule has 1 heteroatoms. The molecular formula is C23H25N. The first-order valence-electron chi connectivity index (χ1n) is 8.76. The van der Waals surface area contributed by atoms with Gasteiger partial charge < -0.3 is 4.90 Å². The van der Waals surface area contributed by atoms with Gasteiger partial charge in [0.2, 0.25) is 0 Å². The number of nitrogens with zero attached hydrogens (tertiary/aromatic N) is 1. The molecule has 122 valence electrons. The lowest BCUT2D eigenvalue weighted by atomic mass is 10.1. The summed E-state index contributed by atoms with van der Waals surface area (Å²) in [5.41, 5.74) is 7.62. The van der Waals surface area contributed by atoms with Gasteiger partial charge in [0.25, 0.3) is 0 Å². The lowest BCUT2D eigenvalue weighted by Crippen LogP contribution is -2.10. The van der Waals surface area contributed by atoms with Gasteiger partial charge in [-0.2, -0.15) is 0 Å². The van der Waals surface area contributed by atoms with Crippen LogP contribution in [0, 0.1) is 6.92 Å². The standard InChI is InChI=1S/C23H25N/c1-4-19-8-6-10-22(16-19)24(21-14-12-18(3)13-15-21)23-11-7-9-20(5-2)17-23/h6-17H,4-5H2,1-3H3. The van der Waals surface area contributed by atoms with E-state index in [4.69, 9.17) is 0 Å². The predicted octanol–water partition coefficient (Wildman–Crippen LogP) is 6.59. The van der Waals surface area contributed by atoms with Crippen LogP contribution in [0.25, 0.3) is 0 Å². The van der Waals surface area contributed by atoms with E-state index in [1.807, 2.05) is 0 Å². The summed E-state index contributed by atoms with van der Waals surface area (Å²) >= 11 is 0. The highest BCUT2D eigenvalue weighted by Gasteiger charge is 2.12. The smallest absolute Gasteiger partial charge is 0.0464 e. The van der Waals surface area contributed by atoms with Gasteiger partial charge in [0.15, 0.2) is 0 Å². The molecule has 3 rings (SSSR count). The monoisotopic (exact) mass is 315 g/mol. The minimum Gasteiger partial charge on any atom is -0.310 e. The van der Waals surface area contributed by atoms with E-state index >= 15 is 0 Å². The van der Waals surface area contributed by atoms with Crippen molar-refractivity contribution in [3.8, 4) is 0 Å². The van der Waals surface area contributed by atoms with Crippen molar-refractivity contribution in [1.29, 1.82) is 0 Å². The number of hydrogen-bond donors (Lipinski definition) is 0. The fourth-order valence-corrected chi connectivity index (χ4v) is 2.97. The number of hydrogen-bond acceptors (Lipinski definition) is 1. The van der Waals surface area contributed by atoms with Crippen LogP contribution in [-0.2, 0) is 12.8 Å². The van der Waals surface area contributed by atoms with Crippen LogP contribution >= 0.6 is 0 Å². The number of rotatable bonds is 5. The minimum atomic E-state index is 1.05. The quantitative estimate of drug-likeness (QED) is 0.513. The summed E-state index contributed by atoms with van der Waals surface area (Å²) in [5, 5.41) is 0. The Morgan fingerprint density at radius 1 is 0.625 bits per heavy atom. The molecule has 0 fully saturated rings. The van der Waals surface area contributed by atoms with Crippen molar-refractivity contribution in [3.05, 3.63) is 89.5 Å². The van der Waals surface area contributed by atoms with Crippen molar-refractivity contribution in [2.45, 2.75) is 33.6 Å². The van der Waals surface area contributed by atoms with Crippen LogP contribution in [-0.4, -0.2) is 0 Å². The Kier molecular flexibility index (Phi) is 5.00. The van der Waals surface area contributed by atoms with E-state index in [-0.39, 0.29) is 0 Å². The summed E-state index contributed by atoms with van der Waals surface area (Å²) in [6.07, 6.45) is 2.09. The molecule has 0 aliphatic rings. The molecule has 24 heavy (non-hydrogen) atoms. The summed E-state index contributed by atoms with van der Waals surface area (Å²) < 4.78 is 0. The van der Waals surface area contributed by atoms with Crippen LogP contribution in [0.5, 0.6) is 0 Å². The molecule has 0 saturated carbocycles. The third-order valence-electron chi connectivity index (χ3n) is 4.45. The van der Waals surface area contributed by atoms with Crippen molar-refractivity contribution in [2.75, 3.05) is 4.90 Å². The van der Waals surface area contributed by atoms with Gasteiger partial charge in [-0.3, -0.25) is 0 Å². The van der Waals surface area contributed by atoms with Gasteiger partial charge >= 0.3 is 0 Å². The lowest BCUT2D eigenvalue weighted by Gasteiger charge is -2.26. The second-order valence-electron chi connectivity index (χ2n) is 6.22. The molecule has 0 aromatic heterocycles. The Labute approximate surface area is 145 Å². The molecule has 1 nitrogen and oxygen atoms in total. The average Bonchev–Trinajstić information content (AvgIpc) is 2.64. The minimum absolute atomic E-state index is 1.05. The van der Waals surface area contributed by atoms with Gasteiger partial charge in [-0.1, -0.05) is 55.8 Å². The van der Waals surface area contributed by atoms with Gasteiger partial charge in [-0.15, -0.1) is 0 Å². The summed E-state index contributed by atoms with van der Waals surface area (Å²) in [6, 6.07) is 26.4.